The number of hydrogen-bond donors (Lipinski definition) is 0. The predicted molar refractivity (Wildman–Crippen MR) is 94.2 cm³/mol. The molecule has 2 atom stereocenters. The first-order chi connectivity index (χ1) is 11.5. The summed E-state index contributed by atoms with van der Waals surface area (Å²) in [6.45, 7) is 4.02. The van der Waals surface area contributed by atoms with Gasteiger partial charge in [-0.3, -0.25) is 9.59 Å². The SMILES string of the molecule is C[C@@H]1CN(C(=O)c2cccn2C)C[C@]12CCN(c1ccsc1)C2=O. The van der Waals surface area contributed by atoms with E-state index >= 15 is 0 Å². The topological polar surface area (TPSA) is 45.6 Å². The van der Waals surface area contributed by atoms with Gasteiger partial charge in [0.25, 0.3) is 5.91 Å². The number of carbonyl (C=O) groups is 2. The average molecular weight is 343 g/mol. The zero-order valence-corrected chi connectivity index (χ0v) is 14.8. The summed E-state index contributed by atoms with van der Waals surface area (Å²) in [6.07, 6.45) is 2.70. The van der Waals surface area contributed by atoms with Crippen molar-refractivity contribution in [2.24, 2.45) is 18.4 Å². The Morgan fingerprint density at radius 3 is 2.88 bits per heavy atom. The molecule has 4 heterocycles. The van der Waals surface area contributed by atoms with E-state index < -0.39 is 5.41 Å². The van der Waals surface area contributed by atoms with Gasteiger partial charge in [0.1, 0.15) is 5.69 Å². The van der Waals surface area contributed by atoms with E-state index in [4.69, 9.17) is 0 Å². The Labute approximate surface area is 145 Å². The van der Waals surface area contributed by atoms with Crippen LogP contribution >= 0.6 is 11.3 Å². The van der Waals surface area contributed by atoms with Crippen molar-refractivity contribution in [2.75, 3.05) is 24.5 Å². The van der Waals surface area contributed by atoms with Crippen LogP contribution in [0.25, 0.3) is 0 Å². The molecule has 0 aliphatic carbocycles. The van der Waals surface area contributed by atoms with Crippen LogP contribution in [-0.4, -0.2) is 40.9 Å². The second kappa shape index (κ2) is 5.48. The molecule has 2 aliphatic rings. The molecule has 2 aromatic rings. The third kappa shape index (κ3) is 2.13. The Kier molecular flexibility index (Phi) is 3.53. The van der Waals surface area contributed by atoms with E-state index in [9.17, 15) is 9.59 Å². The molecule has 0 N–H and O–H groups in total. The Bertz CT molecular complexity index is 782. The fourth-order valence-corrected chi connectivity index (χ4v) is 4.76. The Balaban J connectivity index is 1.58. The van der Waals surface area contributed by atoms with E-state index in [1.54, 1.807) is 11.3 Å². The van der Waals surface area contributed by atoms with Gasteiger partial charge in [-0.05, 0) is 35.9 Å². The van der Waals surface area contributed by atoms with Crippen molar-refractivity contribution in [3.63, 3.8) is 0 Å². The first kappa shape index (κ1) is 15.4. The van der Waals surface area contributed by atoms with E-state index in [0.29, 0.717) is 18.8 Å². The summed E-state index contributed by atoms with van der Waals surface area (Å²) in [5.41, 5.74) is 1.24. The summed E-state index contributed by atoms with van der Waals surface area (Å²) < 4.78 is 1.84. The summed E-state index contributed by atoms with van der Waals surface area (Å²) in [7, 11) is 1.88. The fourth-order valence-electron chi connectivity index (χ4n) is 4.12. The highest BCUT2D eigenvalue weighted by atomic mass is 32.1. The number of aromatic nitrogens is 1. The second-order valence-corrected chi connectivity index (χ2v) is 7.72. The zero-order valence-electron chi connectivity index (χ0n) is 13.9. The highest BCUT2D eigenvalue weighted by molar-refractivity contribution is 7.08. The van der Waals surface area contributed by atoms with Crippen LogP contribution < -0.4 is 4.90 Å². The first-order valence-corrected chi connectivity index (χ1v) is 9.22. The molecular weight excluding hydrogens is 322 g/mol. The molecule has 126 valence electrons. The van der Waals surface area contributed by atoms with Crippen molar-refractivity contribution in [1.29, 1.82) is 0 Å². The van der Waals surface area contributed by atoms with E-state index in [1.807, 2.05) is 56.6 Å². The number of amides is 2. The number of nitrogens with zero attached hydrogens (tertiary/aromatic N) is 3. The molecule has 24 heavy (non-hydrogen) atoms. The van der Waals surface area contributed by atoms with Crippen LogP contribution in [-0.2, 0) is 11.8 Å². The quantitative estimate of drug-likeness (QED) is 0.841. The number of likely N-dealkylation sites (tertiary alicyclic amines) is 1. The summed E-state index contributed by atoms with van der Waals surface area (Å²) in [5, 5.41) is 4.01. The van der Waals surface area contributed by atoms with Crippen molar-refractivity contribution in [3.05, 3.63) is 40.8 Å². The minimum Gasteiger partial charge on any atom is -0.347 e. The zero-order chi connectivity index (χ0) is 16.9. The van der Waals surface area contributed by atoms with Gasteiger partial charge in [-0.2, -0.15) is 11.3 Å². The van der Waals surface area contributed by atoms with Crippen LogP contribution in [0.2, 0.25) is 0 Å². The minimum absolute atomic E-state index is 0.0213. The molecule has 0 saturated carbocycles. The lowest BCUT2D eigenvalue weighted by Gasteiger charge is -2.26. The lowest BCUT2D eigenvalue weighted by atomic mass is 9.78. The largest absolute Gasteiger partial charge is 0.347 e. The number of hydrogen-bond acceptors (Lipinski definition) is 3. The second-order valence-electron chi connectivity index (χ2n) is 6.94. The lowest BCUT2D eigenvalue weighted by molar-refractivity contribution is -0.126. The Hall–Kier alpha value is -2.08. The smallest absolute Gasteiger partial charge is 0.270 e. The summed E-state index contributed by atoms with van der Waals surface area (Å²) in [6, 6.07) is 5.71. The van der Waals surface area contributed by atoms with Crippen LogP contribution in [0.4, 0.5) is 5.69 Å². The number of carbonyl (C=O) groups excluding carboxylic acids is 2. The number of aryl methyl sites for hydroxylation is 1. The molecule has 2 amide bonds. The highest BCUT2D eigenvalue weighted by Crippen LogP contribution is 2.46. The molecule has 5 nitrogen and oxygen atoms in total. The molecular formula is C18H21N3O2S. The lowest BCUT2D eigenvalue weighted by Crippen LogP contribution is -2.40. The van der Waals surface area contributed by atoms with Crippen LogP contribution in [0.1, 0.15) is 23.8 Å². The third-order valence-electron chi connectivity index (χ3n) is 5.63. The van der Waals surface area contributed by atoms with Crippen LogP contribution in [0.15, 0.2) is 35.2 Å². The first-order valence-electron chi connectivity index (χ1n) is 8.28. The maximum Gasteiger partial charge on any atom is 0.270 e. The highest BCUT2D eigenvalue weighted by Gasteiger charge is 2.56. The van der Waals surface area contributed by atoms with Gasteiger partial charge in [0.15, 0.2) is 0 Å². The number of thiophene rings is 1. The number of anilines is 1. The predicted octanol–water partition coefficient (Wildman–Crippen LogP) is 2.60. The van der Waals surface area contributed by atoms with Crippen LogP contribution in [0.3, 0.4) is 0 Å². The van der Waals surface area contributed by atoms with Crippen molar-refractivity contribution in [1.82, 2.24) is 9.47 Å². The minimum atomic E-state index is -0.428. The Morgan fingerprint density at radius 2 is 2.21 bits per heavy atom. The van der Waals surface area contributed by atoms with Gasteiger partial charge in [0.05, 0.1) is 11.1 Å². The van der Waals surface area contributed by atoms with Gasteiger partial charge in [-0.15, -0.1) is 0 Å². The van der Waals surface area contributed by atoms with Gasteiger partial charge in [0, 0.05) is 38.3 Å². The van der Waals surface area contributed by atoms with Gasteiger partial charge < -0.3 is 14.4 Å². The molecule has 0 bridgehead atoms. The molecule has 2 aromatic heterocycles. The standard InChI is InChI=1S/C18H21N3O2S/c1-13-10-20(16(22)15-4-3-7-19(15)2)12-18(13)6-8-21(17(18)23)14-5-9-24-11-14/h3-5,7,9,11,13H,6,8,10,12H2,1-2H3/t13-,18-/m1/s1. The van der Waals surface area contributed by atoms with Crippen molar-refractivity contribution in [2.45, 2.75) is 13.3 Å². The van der Waals surface area contributed by atoms with Crippen LogP contribution in [0.5, 0.6) is 0 Å². The average Bonchev–Trinajstić information content (AvgIpc) is 3.31. The summed E-state index contributed by atoms with van der Waals surface area (Å²) in [4.78, 5) is 29.7. The molecule has 0 radical (unpaired) electrons. The molecule has 2 aliphatic heterocycles. The van der Waals surface area contributed by atoms with Gasteiger partial charge in [-0.25, -0.2) is 0 Å². The van der Waals surface area contributed by atoms with E-state index in [1.165, 1.54) is 0 Å². The molecule has 6 heteroatoms. The normalized spacial score (nSPS) is 26.8. The monoisotopic (exact) mass is 343 g/mol. The van der Waals surface area contributed by atoms with E-state index in [2.05, 4.69) is 6.92 Å². The summed E-state index contributed by atoms with van der Waals surface area (Å²) in [5.74, 6) is 0.376. The van der Waals surface area contributed by atoms with Gasteiger partial charge in [0.2, 0.25) is 5.91 Å². The van der Waals surface area contributed by atoms with Gasteiger partial charge >= 0.3 is 0 Å². The molecule has 1 spiro atoms. The van der Waals surface area contributed by atoms with Gasteiger partial charge in [-0.1, -0.05) is 6.92 Å². The Morgan fingerprint density at radius 1 is 1.38 bits per heavy atom. The van der Waals surface area contributed by atoms with E-state index in [0.717, 1.165) is 18.7 Å². The molecule has 0 aromatic carbocycles. The molecule has 0 unspecified atom stereocenters. The summed E-state index contributed by atoms with van der Waals surface area (Å²) >= 11 is 1.60. The fraction of sp³-hybridized carbons (Fsp3) is 0.444. The van der Waals surface area contributed by atoms with Crippen molar-refractivity contribution < 1.29 is 9.59 Å². The molecule has 4 rings (SSSR count). The van der Waals surface area contributed by atoms with E-state index in [-0.39, 0.29) is 17.7 Å². The maximum absolute atomic E-state index is 13.1. The number of rotatable bonds is 2. The van der Waals surface area contributed by atoms with Crippen LogP contribution in [0, 0.1) is 11.3 Å². The molecule has 2 saturated heterocycles. The molecule has 2 fully saturated rings. The van der Waals surface area contributed by atoms with Crippen molar-refractivity contribution >= 4 is 28.8 Å². The maximum atomic E-state index is 13.1. The van der Waals surface area contributed by atoms with Crippen molar-refractivity contribution in [3.8, 4) is 0 Å². The third-order valence-corrected chi connectivity index (χ3v) is 6.30.